The van der Waals surface area contributed by atoms with Crippen LogP contribution in [-0.4, -0.2) is 12.6 Å². The molecule has 0 atom stereocenters. The highest BCUT2D eigenvalue weighted by Crippen LogP contribution is 2.29. The van der Waals surface area contributed by atoms with Crippen molar-refractivity contribution in [2.45, 2.75) is 105 Å². The molecule has 156 valence electrons. The third-order valence-corrected chi connectivity index (χ3v) is 4.82. The zero-order chi connectivity index (χ0) is 20.2. The average molecular weight is 377 g/mol. The number of rotatable bonds is 17. The smallest absolute Gasteiger partial charge is 0.302 e. The molecule has 0 amide bonds. The van der Waals surface area contributed by atoms with Crippen LogP contribution >= 0.6 is 0 Å². The van der Waals surface area contributed by atoms with E-state index in [1.807, 2.05) is 6.08 Å². The van der Waals surface area contributed by atoms with Gasteiger partial charge in [-0.15, -0.1) is 0 Å². The summed E-state index contributed by atoms with van der Waals surface area (Å²) in [4.78, 5) is 10.7. The van der Waals surface area contributed by atoms with Crippen molar-refractivity contribution in [3.05, 3.63) is 36.5 Å². The van der Waals surface area contributed by atoms with Gasteiger partial charge < -0.3 is 4.74 Å². The molecule has 0 spiro atoms. The Morgan fingerprint density at radius 1 is 0.741 bits per heavy atom. The molecule has 2 nitrogen and oxygen atoms in total. The van der Waals surface area contributed by atoms with Crippen LogP contribution in [0.5, 0.6) is 0 Å². The van der Waals surface area contributed by atoms with Gasteiger partial charge in [-0.3, -0.25) is 4.79 Å². The molecule has 27 heavy (non-hydrogen) atoms. The van der Waals surface area contributed by atoms with Gasteiger partial charge >= 0.3 is 5.97 Å². The fraction of sp³-hybridized carbons (Fsp3) is 0.720. The first-order chi connectivity index (χ1) is 13.0. The van der Waals surface area contributed by atoms with E-state index in [2.05, 4.69) is 51.2 Å². The third kappa shape index (κ3) is 20.9. The van der Waals surface area contributed by atoms with Crippen molar-refractivity contribution in [3.8, 4) is 0 Å². The van der Waals surface area contributed by atoms with Gasteiger partial charge in [-0.1, -0.05) is 70.1 Å². The minimum absolute atomic E-state index is 0.214. The van der Waals surface area contributed by atoms with Crippen molar-refractivity contribution < 1.29 is 9.53 Å². The second kappa shape index (κ2) is 18.1. The lowest BCUT2D eigenvalue weighted by Gasteiger charge is -2.23. The number of ether oxygens (including phenoxy) is 1. The minimum atomic E-state index is -0.214. The maximum absolute atomic E-state index is 10.7. The van der Waals surface area contributed by atoms with Gasteiger partial charge in [-0.2, -0.15) is 0 Å². The summed E-state index contributed by atoms with van der Waals surface area (Å²) in [6.45, 7) is 8.78. The lowest BCUT2D eigenvalue weighted by Crippen LogP contribution is -2.10. The average Bonchev–Trinajstić information content (AvgIpc) is 2.61. The molecule has 0 fully saturated rings. The Hall–Kier alpha value is -1.31. The van der Waals surface area contributed by atoms with E-state index in [-0.39, 0.29) is 5.97 Å². The largest absolute Gasteiger partial charge is 0.462 e. The second-order valence-corrected chi connectivity index (χ2v) is 8.21. The van der Waals surface area contributed by atoms with E-state index >= 15 is 0 Å². The van der Waals surface area contributed by atoms with Gasteiger partial charge in [0.15, 0.2) is 0 Å². The van der Waals surface area contributed by atoms with Crippen molar-refractivity contribution in [2.75, 3.05) is 6.61 Å². The van der Waals surface area contributed by atoms with Gasteiger partial charge in [0.1, 0.15) is 6.61 Å². The first kappa shape index (κ1) is 25.7. The van der Waals surface area contributed by atoms with Gasteiger partial charge in [0.25, 0.3) is 0 Å². The molecule has 0 heterocycles. The maximum Gasteiger partial charge on any atom is 0.302 e. The van der Waals surface area contributed by atoms with Crippen molar-refractivity contribution >= 4 is 5.97 Å². The quantitative estimate of drug-likeness (QED) is 0.146. The number of unbranched alkanes of at least 4 members (excludes halogenated alkanes) is 6. The van der Waals surface area contributed by atoms with Crippen molar-refractivity contribution in [3.63, 3.8) is 0 Å². The molecule has 0 saturated carbocycles. The number of hydrogen-bond acceptors (Lipinski definition) is 2. The molecule has 0 aromatic rings. The summed E-state index contributed by atoms with van der Waals surface area (Å²) in [5.41, 5.74) is 0.403. The third-order valence-electron chi connectivity index (χ3n) is 4.82. The molecule has 0 aromatic heterocycles. The van der Waals surface area contributed by atoms with Crippen LogP contribution in [0.3, 0.4) is 0 Å². The normalized spacial score (nSPS) is 12.6. The van der Waals surface area contributed by atoms with Gasteiger partial charge in [0, 0.05) is 6.92 Å². The van der Waals surface area contributed by atoms with E-state index in [4.69, 9.17) is 4.74 Å². The molecular weight excluding hydrogens is 332 g/mol. The van der Waals surface area contributed by atoms with Gasteiger partial charge in [-0.25, -0.2) is 0 Å². The maximum atomic E-state index is 10.7. The molecule has 0 radical (unpaired) electrons. The van der Waals surface area contributed by atoms with E-state index in [1.165, 1.54) is 71.1 Å². The number of carbonyl (C=O) groups excluding carboxylic acids is 1. The number of hydrogen-bond donors (Lipinski definition) is 0. The standard InChI is InChI=1S/C25H44O2/c1-5-6-7-8-9-10-11-12-13-14-15-18-21-25(3,4)22-19-16-17-20-23-27-24(2)26/h6-7,14-15,17,20H,5,8-13,16,18-19,21-23H2,1-4H3. The summed E-state index contributed by atoms with van der Waals surface area (Å²) in [5.74, 6) is -0.214. The fourth-order valence-corrected chi connectivity index (χ4v) is 3.05. The Balaban J connectivity index is 3.55. The predicted octanol–water partition coefficient (Wildman–Crippen LogP) is 7.95. The van der Waals surface area contributed by atoms with E-state index in [0.29, 0.717) is 12.0 Å². The van der Waals surface area contributed by atoms with Crippen LogP contribution in [0.25, 0.3) is 0 Å². The monoisotopic (exact) mass is 376 g/mol. The molecular formula is C25H44O2. The van der Waals surface area contributed by atoms with Crippen molar-refractivity contribution in [1.82, 2.24) is 0 Å². The van der Waals surface area contributed by atoms with Crippen LogP contribution in [0.2, 0.25) is 0 Å². The first-order valence-corrected chi connectivity index (χ1v) is 11.1. The summed E-state index contributed by atoms with van der Waals surface area (Å²) in [6.07, 6.45) is 28.4. The molecule has 0 saturated heterocycles. The van der Waals surface area contributed by atoms with E-state index in [0.717, 1.165) is 12.8 Å². The van der Waals surface area contributed by atoms with Crippen LogP contribution in [0.4, 0.5) is 0 Å². The molecule has 0 bridgehead atoms. The Morgan fingerprint density at radius 2 is 1.30 bits per heavy atom. The number of esters is 1. The van der Waals surface area contributed by atoms with E-state index in [1.54, 1.807) is 0 Å². The predicted molar refractivity (Wildman–Crippen MR) is 119 cm³/mol. The summed E-state index contributed by atoms with van der Waals surface area (Å²) in [5, 5.41) is 0. The van der Waals surface area contributed by atoms with Crippen LogP contribution in [-0.2, 0) is 9.53 Å². The van der Waals surface area contributed by atoms with Crippen molar-refractivity contribution in [1.29, 1.82) is 0 Å². The summed E-state index contributed by atoms with van der Waals surface area (Å²) >= 11 is 0. The highest BCUT2D eigenvalue weighted by molar-refractivity contribution is 5.65. The lowest BCUT2D eigenvalue weighted by atomic mass is 9.82. The van der Waals surface area contributed by atoms with Crippen LogP contribution in [0, 0.1) is 5.41 Å². The Labute approximate surface area is 169 Å². The minimum Gasteiger partial charge on any atom is -0.462 e. The van der Waals surface area contributed by atoms with Crippen LogP contribution in [0.1, 0.15) is 105 Å². The highest BCUT2D eigenvalue weighted by Gasteiger charge is 2.15. The molecule has 0 aliphatic carbocycles. The fourth-order valence-electron chi connectivity index (χ4n) is 3.05. The van der Waals surface area contributed by atoms with Gasteiger partial charge in [0.05, 0.1) is 0 Å². The van der Waals surface area contributed by atoms with Crippen LogP contribution in [0.15, 0.2) is 36.5 Å². The summed E-state index contributed by atoms with van der Waals surface area (Å²) in [7, 11) is 0. The first-order valence-electron chi connectivity index (χ1n) is 11.1. The Bertz CT molecular complexity index is 430. The van der Waals surface area contributed by atoms with Crippen LogP contribution < -0.4 is 0 Å². The molecule has 0 aliphatic rings. The zero-order valence-corrected chi connectivity index (χ0v) is 18.5. The number of allylic oxidation sites excluding steroid dienone is 5. The van der Waals surface area contributed by atoms with E-state index in [9.17, 15) is 4.79 Å². The summed E-state index contributed by atoms with van der Waals surface area (Å²) < 4.78 is 4.88. The molecule has 0 aromatic carbocycles. The Kier molecular flexibility index (Phi) is 17.2. The molecule has 0 rings (SSSR count). The highest BCUT2D eigenvalue weighted by atomic mass is 16.5. The molecule has 0 aliphatic heterocycles. The Morgan fingerprint density at radius 3 is 1.93 bits per heavy atom. The summed E-state index contributed by atoms with van der Waals surface area (Å²) in [6, 6.07) is 0. The zero-order valence-electron chi connectivity index (χ0n) is 18.5. The van der Waals surface area contributed by atoms with Crippen molar-refractivity contribution in [2.24, 2.45) is 5.41 Å². The van der Waals surface area contributed by atoms with Gasteiger partial charge in [0.2, 0.25) is 0 Å². The topological polar surface area (TPSA) is 26.3 Å². The second-order valence-electron chi connectivity index (χ2n) is 8.21. The molecule has 2 heteroatoms. The van der Waals surface area contributed by atoms with E-state index < -0.39 is 0 Å². The molecule has 0 N–H and O–H groups in total. The lowest BCUT2D eigenvalue weighted by molar-refractivity contribution is -0.139. The molecule has 0 unspecified atom stereocenters. The SMILES string of the molecule is CCC=CCCCCCCC=CCCC(C)(C)CCCC=CCOC(C)=O. The van der Waals surface area contributed by atoms with Gasteiger partial charge in [-0.05, 0) is 69.6 Å². The number of carbonyl (C=O) groups is 1.